The number of fused-ring (bicyclic) bond motifs is 1. The molecule has 0 radical (unpaired) electrons. The van der Waals surface area contributed by atoms with E-state index in [4.69, 9.17) is 4.74 Å². The van der Waals surface area contributed by atoms with Gasteiger partial charge in [-0.2, -0.15) is 9.61 Å². The quantitative estimate of drug-likeness (QED) is 0.661. The van der Waals surface area contributed by atoms with Gasteiger partial charge in [-0.25, -0.2) is 0 Å². The van der Waals surface area contributed by atoms with Crippen LogP contribution in [0.3, 0.4) is 0 Å². The van der Waals surface area contributed by atoms with Crippen LogP contribution in [0.1, 0.15) is 29.6 Å². The second kappa shape index (κ2) is 5.77. The number of rotatable bonds is 5. The van der Waals surface area contributed by atoms with Gasteiger partial charge < -0.3 is 10.1 Å². The van der Waals surface area contributed by atoms with E-state index in [2.05, 4.69) is 27.2 Å². The molecular weight excluding hydrogens is 262 g/mol. The van der Waals surface area contributed by atoms with Gasteiger partial charge in [-0.3, -0.25) is 0 Å². The zero-order valence-corrected chi connectivity index (χ0v) is 11.5. The lowest BCUT2D eigenvalue weighted by atomic mass is 10.00. The van der Waals surface area contributed by atoms with E-state index in [1.165, 1.54) is 0 Å². The van der Waals surface area contributed by atoms with Gasteiger partial charge in [-0.15, -0.1) is 16.8 Å². The molecule has 0 aromatic carbocycles. The van der Waals surface area contributed by atoms with Gasteiger partial charge in [-0.05, 0) is 12.8 Å². The maximum absolute atomic E-state index is 5.39. The SMILES string of the molecule is C=CCNCc1nn2c(C3CCOCC3)nnc2s1. The van der Waals surface area contributed by atoms with Crippen LogP contribution >= 0.6 is 11.3 Å². The Labute approximate surface area is 115 Å². The Balaban J connectivity index is 1.79. The van der Waals surface area contributed by atoms with Crippen LogP contribution in [0, 0.1) is 0 Å². The van der Waals surface area contributed by atoms with Crippen molar-refractivity contribution < 1.29 is 4.74 Å². The normalized spacial score (nSPS) is 17.1. The third kappa shape index (κ3) is 2.68. The summed E-state index contributed by atoms with van der Waals surface area (Å²) >= 11 is 1.58. The molecule has 7 heteroatoms. The molecule has 0 spiro atoms. The summed E-state index contributed by atoms with van der Waals surface area (Å²) in [6.07, 6.45) is 3.85. The molecule has 1 N–H and O–H groups in total. The molecule has 102 valence electrons. The topological polar surface area (TPSA) is 64.3 Å². The Morgan fingerprint density at radius 3 is 3.05 bits per heavy atom. The number of aromatic nitrogens is 4. The maximum atomic E-state index is 5.39. The van der Waals surface area contributed by atoms with E-state index in [1.54, 1.807) is 11.3 Å². The van der Waals surface area contributed by atoms with Crippen molar-refractivity contribution in [2.24, 2.45) is 0 Å². The van der Waals surface area contributed by atoms with Crippen LogP contribution in [-0.4, -0.2) is 39.6 Å². The molecule has 1 aliphatic rings. The second-order valence-corrected chi connectivity index (χ2v) is 5.60. The average Bonchev–Trinajstić information content (AvgIpc) is 3.00. The van der Waals surface area contributed by atoms with Crippen molar-refractivity contribution in [3.8, 4) is 0 Å². The van der Waals surface area contributed by atoms with E-state index >= 15 is 0 Å². The highest BCUT2D eigenvalue weighted by Gasteiger charge is 2.23. The maximum Gasteiger partial charge on any atom is 0.234 e. The van der Waals surface area contributed by atoms with Crippen LogP contribution < -0.4 is 5.32 Å². The van der Waals surface area contributed by atoms with E-state index in [0.717, 1.165) is 54.9 Å². The Morgan fingerprint density at radius 1 is 1.42 bits per heavy atom. The first-order chi connectivity index (χ1) is 9.38. The largest absolute Gasteiger partial charge is 0.381 e. The predicted octanol–water partition coefficient (Wildman–Crippen LogP) is 1.36. The average molecular weight is 279 g/mol. The van der Waals surface area contributed by atoms with E-state index in [0.29, 0.717) is 5.92 Å². The van der Waals surface area contributed by atoms with Crippen molar-refractivity contribution in [1.29, 1.82) is 0 Å². The molecule has 0 bridgehead atoms. The minimum atomic E-state index is 0.417. The second-order valence-electron chi connectivity index (χ2n) is 4.55. The number of ether oxygens (including phenoxy) is 1. The molecule has 1 saturated heterocycles. The smallest absolute Gasteiger partial charge is 0.234 e. The van der Waals surface area contributed by atoms with Crippen LogP contribution in [0.25, 0.3) is 4.96 Å². The van der Waals surface area contributed by atoms with Crippen molar-refractivity contribution in [1.82, 2.24) is 25.1 Å². The van der Waals surface area contributed by atoms with Gasteiger partial charge in [0.1, 0.15) is 5.01 Å². The molecule has 0 aliphatic carbocycles. The van der Waals surface area contributed by atoms with Gasteiger partial charge in [-0.1, -0.05) is 17.4 Å². The van der Waals surface area contributed by atoms with Gasteiger partial charge in [0.15, 0.2) is 5.82 Å². The third-order valence-electron chi connectivity index (χ3n) is 3.21. The summed E-state index contributed by atoms with van der Waals surface area (Å²) in [5.74, 6) is 1.39. The summed E-state index contributed by atoms with van der Waals surface area (Å²) in [7, 11) is 0. The molecule has 3 rings (SSSR count). The fraction of sp³-hybridized carbons (Fsp3) is 0.583. The molecule has 2 aromatic rings. The van der Waals surface area contributed by atoms with E-state index in [1.807, 2.05) is 10.6 Å². The molecule has 3 heterocycles. The number of nitrogens with one attached hydrogen (secondary N) is 1. The fourth-order valence-corrected chi connectivity index (χ4v) is 3.04. The first-order valence-electron chi connectivity index (χ1n) is 6.49. The molecule has 0 unspecified atom stereocenters. The van der Waals surface area contributed by atoms with Gasteiger partial charge in [0.05, 0.1) is 0 Å². The number of nitrogens with zero attached hydrogens (tertiary/aromatic N) is 4. The summed E-state index contributed by atoms with van der Waals surface area (Å²) in [6, 6.07) is 0. The molecule has 0 amide bonds. The highest BCUT2D eigenvalue weighted by Crippen LogP contribution is 2.26. The van der Waals surface area contributed by atoms with Crippen molar-refractivity contribution in [2.45, 2.75) is 25.3 Å². The van der Waals surface area contributed by atoms with Crippen molar-refractivity contribution in [3.63, 3.8) is 0 Å². The zero-order chi connectivity index (χ0) is 13.1. The van der Waals surface area contributed by atoms with Crippen LogP contribution in [0.2, 0.25) is 0 Å². The summed E-state index contributed by atoms with van der Waals surface area (Å²) < 4.78 is 7.28. The van der Waals surface area contributed by atoms with E-state index in [-0.39, 0.29) is 0 Å². The Morgan fingerprint density at radius 2 is 2.26 bits per heavy atom. The molecule has 19 heavy (non-hydrogen) atoms. The lowest BCUT2D eigenvalue weighted by molar-refractivity contribution is 0.0831. The lowest BCUT2D eigenvalue weighted by Crippen LogP contribution is -2.17. The van der Waals surface area contributed by atoms with Gasteiger partial charge in [0.25, 0.3) is 0 Å². The monoisotopic (exact) mass is 279 g/mol. The zero-order valence-electron chi connectivity index (χ0n) is 10.7. The highest BCUT2D eigenvalue weighted by molar-refractivity contribution is 7.16. The molecule has 0 atom stereocenters. The molecule has 1 aliphatic heterocycles. The molecule has 6 nitrogen and oxygen atoms in total. The van der Waals surface area contributed by atoms with Gasteiger partial charge >= 0.3 is 0 Å². The molecular formula is C12H17N5OS. The van der Waals surface area contributed by atoms with Crippen molar-refractivity contribution in [3.05, 3.63) is 23.5 Å². The molecule has 1 fully saturated rings. The standard InChI is InChI=1S/C12H17N5OS/c1-2-5-13-8-10-16-17-11(14-15-12(17)19-10)9-3-6-18-7-4-9/h2,9,13H,1,3-8H2. The Hall–Kier alpha value is -1.31. The third-order valence-corrected chi connectivity index (χ3v) is 4.11. The lowest BCUT2D eigenvalue weighted by Gasteiger charge is -2.19. The minimum Gasteiger partial charge on any atom is -0.381 e. The van der Waals surface area contributed by atoms with Crippen LogP contribution in [0.4, 0.5) is 0 Å². The summed E-state index contributed by atoms with van der Waals surface area (Å²) in [4.78, 5) is 0.872. The minimum absolute atomic E-state index is 0.417. The van der Waals surface area contributed by atoms with E-state index in [9.17, 15) is 0 Å². The van der Waals surface area contributed by atoms with Gasteiger partial charge in [0, 0.05) is 32.2 Å². The van der Waals surface area contributed by atoms with Crippen LogP contribution in [-0.2, 0) is 11.3 Å². The van der Waals surface area contributed by atoms with E-state index < -0.39 is 0 Å². The number of hydrogen-bond donors (Lipinski definition) is 1. The first kappa shape index (κ1) is 12.7. The highest BCUT2D eigenvalue weighted by atomic mass is 32.1. The molecule has 0 saturated carbocycles. The predicted molar refractivity (Wildman–Crippen MR) is 73.4 cm³/mol. The Bertz CT molecular complexity index is 557. The fourth-order valence-electron chi connectivity index (χ4n) is 2.23. The first-order valence-corrected chi connectivity index (χ1v) is 7.30. The van der Waals surface area contributed by atoms with Crippen molar-refractivity contribution in [2.75, 3.05) is 19.8 Å². The summed E-state index contributed by atoms with van der Waals surface area (Å²) in [5, 5.41) is 17.4. The molecule has 2 aromatic heterocycles. The van der Waals surface area contributed by atoms with Crippen LogP contribution in [0.5, 0.6) is 0 Å². The van der Waals surface area contributed by atoms with Crippen LogP contribution in [0.15, 0.2) is 12.7 Å². The Kier molecular flexibility index (Phi) is 3.86. The van der Waals surface area contributed by atoms with Crippen molar-refractivity contribution >= 4 is 16.3 Å². The van der Waals surface area contributed by atoms with Gasteiger partial charge in [0.2, 0.25) is 4.96 Å². The number of hydrogen-bond acceptors (Lipinski definition) is 6. The summed E-state index contributed by atoms with van der Waals surface area (Å²) in [6.45, 7) is 6.82. The summed E-state index contributed by atoms with van der Waals surface area (Å²) in [5.41, 5.74) is 0.